The first-order valence-electron chi connectivity index (χ1n) is 9.71. The van der Waals surface area contributed by atoms with Gasteiger partial charge in [0.2, 0.25) is 5.60 Å². The first-order valence-corrected chi connectivity index (χ1v) is 9.71. The molecule has 2 amide bonds. The highest BCUT2D eigenvalue weighted by molar-refractivity contribution is 5.75. The van der Waals surface area contributed by atoms with Gasteiger partial charge in [0, 0.05) is 13.0 Å². The van der Waals surface area contributed by atoms with Crippen molar-refractivity contribution >= 4 is 6.03 Å². The van der Waals surface area contributed by atoms with E-state index in [1.54, 1.807) is 0 Å². The Kier molecular flexibility index (Phi) is 6.70. The van der Waals surface area contributed by atoms with E-state index in [4.69, 9.17) is 4.42 Å². The van der Waals surface area contributed by atoms with Crippen LogP contribution in [0.1, 0.15) is 35.1 Å². The highest BCUT2D eigenvalue weighted by Gasteiger charge is 2.56. The highest BCUT2D eigenvalue weighted by atomic mass is 19.4. The summed E-state index contributed by atoms with van der Waals surface area (Å²) in [5.41, 5.74) is -1.56. The Morgan fingerprint density at radius 2 is 1.52 bits per heavy atom. The predicted octanol–water partition coefficient (Wildman–Crippen LogP) is 4.82. The van der Waals surface area contributed by atoms with E-state index in [-0.39, 0.29) is 5.76 Å². The van der Waals surface area contributed by atoms with E-state index >= 15 is 0 Å². The number of aryl methyl sites for hydroxylation is 1. The SMILES string of the molecule is Cc1ccc(C(O)(CCNC(=O)NC(c2ccccc2)c2ccccc2)C(F)(F)F)o1. The number of furan rings is 1. The molecule has 0 radical (unpaired) electrons. The number of aliphatic hydroxyl groups is 1. The highest BCUT2D eigenvalue weighted by Crippen LogP contribution is 2.42. The van der Waals surface area contributed by atoms with Gasteiger partial charge in [-0.3, -0.25) is 0 Å². The molecule has 3 rings (SSSR count). The second-order valence-corrected chi connectivity index (χ2v) is 7.17. The molecule has 1 aromatic heterocycles. The summed E-state index contributed by atoms with van der Waals surface area (Å²) in [5.74, 6) is -0.358. The van der Waals surface area contributed by atoms with Gasteiger partial charge in [-0.15, -0.1) is 0 Å². The molecule has 0 aliphatic rings. The molecule has 0 bridgehead atoms. The van der Waals surface area contributed by atoms with Crippen LogP contribution >= 0.6 is 0 Å². The van der Waals surface area contributed by atoms with E-state index in [9.17, 15) is 23.1 Å². The number of amides is 2. The molecule has 164 valence electrons. The topological polar surface area (TPSA) is 74.5 Å². The van der Waals surface area contributed by atoms with Crippen molar-refractivity contribution in [3.05, 3.63) is 95.4 Å². The van der Waals surface area contributed by atoms with Crippen molar-refractivity contribution < 1.29 is 27.5 Å². The maximum atomic E-state index is 13.5. The average molecular weight is 432 g/mol. The van der Waals surface area contributed by atoms with Crippen molar-refractivity contribution in [2.24, 2.45) is 0 Å². The van der Waals surface area contributed by atoms with E-state index in [1.807, 2.05) is 60.7 Å². The third-order valence-corrected chi connectivity index (χ3v) is 4.93. The molecule has 5 nitrogen and oxygen atoms in total. The van der Waals surface area contributed by atoms with Crippen LogP contribution in [0.2, 0.25) is 0 Å². The second-order valence-electron chi connectivity index (χ2n) is 7.17. The largest absolute Gasteiger partial charge is 0.463 e. The van der Waals surface area contributed by atoms with Gasteiger partial charge in [-0.25, -0.2) is 4.79 Å². The van der Waals surface area contributed by atoms with Crippen LogP contribution in [0.25, 0.3) is 0 Å². The van der Waals surface area contributed by atoms with Crippen molar-refractivity contribution in [1.29, 1.82) is 0 Å². The molecule has 3 aromatic rings. The zero-order chi connectivity index (χ0) is 22.5. The molecule has 1 unspecified atom stereocenters. The van der Waals surface area contributed by atoms with Crippen LogP contribution in [0.4, 0.5) is 18.0 Å². The lowest BCUT2D eigenvalue weighted by molar-refractivity contribution is -0.274. The summed E-state index contributed by atoms with van der Waals surface area (Å²) < 4.78 is 45.6. The van der Waals surface area contributed by atoms with E-state index in [0.29, 0.717) is 0 Å². The number of alkyl halides is 3. The average Bonchev–Trinajstić information content (AvgIpc) is 3.19. The molecule has 0 spiro atoms. The molecular formula is C23H23F3N2O3. The summed E-state index contributed by atoms with van der Waals surface area (Å²) in [7, 11) is 0. The van der Waals surface area contributed by atoms with Crippen molar-refractivity contribution in [2.75, 3.05) is 6.54 Å². The van der Waals surface area contributed by atoms with Crippen LogP contribution in [-0.2, 0) is 5.60 Å². The molecule has 1 atom stereocenters. The minimum Gasteiger partial charge on any atom is -0.463 e. The van der Waals surface area contributed by atoms with Gasteiger partial charge in [-0.2, -0.15) is 13.2 Å². The molecule has 0 fully saturated rings. The van der Waals surface area contributed by atoms with Crippen molar-refractivity contribution in [3.63, 3.8) is 0 Å². The van der Waals surface area contributed by atoms with Crippen LogP contribution in [0.3, 0.4) is 0 Å². The van der Waals surface area contributed by atoms with Crippen molar-refractivity contribution in [1.82, 2.24) is 10.6 Å². The van der Waals surface area contributed by atoms with Gasteiger partial charge in [-0.1, -0.05) is 60.7 Å². The first-order chi connectivity index (χ1) is 14.7. The molecule has 31 heavy (non-hydrogen) atoms. The quantitative estimate of drug-likeness (QED) is 0.501. The number of carbonyl (C=O) groups is 1. The number of benzene rings is 2. The van der Waals surface area contributed by atoms with Gasteiger partial charge in [0.15, 0.2) is 0 Å². The normalized spacial score (nSPS) is 13.6. The molecular weight excluding hydrogens is 409 g/mol. The molecule has 0 aliphatic carbocycles. The van der Waals surface area contributed by atoms with Gasteiger partial charge in [0.1, 0.15) is 11.5 Å². The van der Waals surface area contributed by atoms with Crippen molar-refractivity contribution in [3.8, 4) is 0 Å². The standard InChI is InChI=1S/C23H23F3N2O3/c1-16-12-13-19(31-16)22(30,23(24,25)26)14-15-27-21(29)28-20(17-8-4-2-5-9-17)18-10-6-3-7-11-18/h2-13,20,30H,14-15H2,1H3,(H2,27,28,29). The Bertz CT molecular complexity index is 951. The Balaban J connectivity index is 1.69. The van der Waals surface area contributed by atoms with E-state index in [1.165, 1.54) is 13.0 Å². The third kappa shape index (κ3) is 5.27. The first kappa shape index (κ1) is 22.4. The second kappa shape index (κ2) is 9.26. The number of urea groups is 1. The number of carbonyl (C=O) groups excluding carboxylic acids is 1. The van der Waals surface area contributed by atoms with Gasteiger partial charge in [0.25, 0.3) is 0 Å². The van der Waals surface area contributed by atoms with Crippen molar-refractivity contribution in [2.45, 2.75) is 31.2 Å². The summed E-state index contributed by atoms with van der Waals surface area (Å²) in [4.78, 5) is 12.5. The van der Waals surface area contributed by atoms with Crippen LogP contribution in [0, 0.1) is 6.92 Å². The molecule has 0 saturated carbocycles. The monoisotopic (exact) mass is 432 g/mol. The lowest BCUT2D eigenvalue weighted by Crippen LogP contribution is -2.46. The number of hydrogen-bond donors (Lipinski definition) is 3. The van der Waals surface area contributed by atoms with Gasteiger partial charge < -0.3 is 20.2 Å². The number of rotatable bonds is 7. The van der Waals surface area contributed by atoms with E-state index in [0.717, 1.165) is 17.2 Å². The molecule has 0 saturated heterocycles. The molecule has 0 aliphatic heterocycles. The number of hydrogen-bond acceptors (Lipinski definition) is 3. The van der Waals surface area contributed by atoms with Gasteiger partial charge >= 0.3 is 12.2 Å². The van der Waals surface area contributed by atoms with E-state index < -0.39 is 42.6 Å². The summed E-state index contributed by atoms with van der Waals surface area (Å²) in [5, 5.41) is 15.5. The minimum atomic E-state index is -4.97. The Hall–Kier alpha value is -3.26. The van der Waals surface area contributed by atoms with Crippen LogP contribution in [0.15, 0.2) is 77.2 Å². The van der Waals surface area contributed by atoms with Crippen LogP contribution in [-0.4, -0.2) is 23.9 Å². The lowest BCUT2D eigenvalue weighted by atomic mass is 9.95. The smallest absolute Gasteiger partial charge is 0.424 e. The van der Waals surface area contributed by atoms with Crippen LogP contribution < -0.4 is 10.6 Å². The Morgan fingerprint density at radius 3 is 1.97 bits per heavy atom. The zero-order valence-corrected chi connectivity index (χ0v) is 16.8. The van der Waals surface area contributed by atoms with Gasteiger partial charge in [0.05, 0.1) is 6.04 Å². The summed E-state index contributed by atoms with van der Waals surface area (Å²) >= 11 is 0. The predicted molar refractivity (Wildman–Crippen MR) is 109 cm³/mol. The summed E-state index contributed by atoms with van der Waals surface area (Å²) in [6.45, 7) is 1.07. The number of nitrogens with one attached hydrogen (secondary N) is 2. The van der Waals surface area contributed by atoms with Gasteiger partial charge in [-0.05, 0) is 30.2 Å². The molecule has 1 heterocycles. The zero-order valence-electron chi connectivity index (χ0n) is 16.8. The lowest BCUT2D eigenvalue weighted by Gasteiger charge is -2.28. The Labute approximate surface area is 177 Å². The fourth-order valence-electron chi connectivity index (χ4n) is 3.25. The fraction of sp³-hybridized carbons (Fsp3) is 0.261. The minimum absolute atomic E-state index is 0.247. The summed E-state index contributed by atoms with van der Waals surface area (Å²) in [6.07, 6.45) is -5.76. The van der Waals surface area contributed by atoms with Crippen LogP contribution in [0.5, 0.6) is 0 Å². The fourth-order valence-corrected chi connectivity index (χ4v) is 3.25. The Morgan fingerprint density at radius 1 is 0.968 bits per heavy atom. The van der Waals surface area contributed by atoms with E-state index in [2.05, 4.69) is 10.6 Å². The maximum absolute atomic E-state index is 13.5. The molecule has 2 aromatic carbocycles. The number of halogens is 3. The molecule has 8 heteroatoms. The summed E-state index contributed by atoms with van der Waals surface area (Å²) in [6, 6.07) is 19.7. The molecule has 3 N–H and O–H groups in total. The third-order valence-electron chi connectivity index (χ3n) is 4.93. The maximum Gasteiger partial charge on any atom is 0.424 e.